The van der Waals surface area contributed by atoms with Gasteiger partial charge in [0.1, 0.15) is 10.3 Å². The molecule has 1 heterocycles. The number of halogens is 1. The van der Waals surface area contributed by atoms with Gasteiger partial charge in [-0.2, -0.15) is 0 Å². The van der Waals surface area contributed by atoms with Crippen LogP contribution < -0.4 is 10.5 Å². The fourth-order valence-corrected chi connectivity index (χ4v) is 1.76. The van der Waals surface area contributed by atoms with Crippen LogP contribution in [0.2, 0.25) is 0 Å². The number of rotatable bonds is 1. The average Bonchev–Trinajstić information content (AvgIpc) is 2.20. The zero-order chi connectivity index (χ0) is 10.1. The number of nitrogens with two attached hydrogens (primary N) is 1. The number of pyridine rings is 1. The number of aromatic nitrogens is 1. The first-order valence-electron chi connectivity index (χ1n) is 4.11. The number of hydrogen-bond donors (Lipinski definition) is 1. The first-order valence-corrected chi connectivity index (χ1v) is 4.91. The Morgan fingerprint density at radius 3 is 2.79 bits per heavy atom. The summed E-state index contributed by atoms with van der Waals surface area (Å²) in [5.74, 6) is 0.669. The summed E-state index contributed by atoms with van der Waals surface area (Å²) in [7, 11) is 1.60. The molecule has 0 aliphatic heterocycles. The minimum Gasteiger partial charge on any atom is -0.494 e. The molecule has 0 atom stereocenters. The number of hydrogen-bond acceptors (Lipinski definition) is 3. The summed E-state index contributed by atoms with van der Waals surface area (Å²) >= 11 is 3.29. The normalized spacial score (nSPS) is 10.4. The van der Waals surface area contributed by atoms with Crippen molar-refractivity contribution >= 4 is 32.5 Å². The maximum atomic E-state index is 5.82. The molecule has 72 valence electrons. The first-order chi connectivity index (χ1) is 6.74. The Labute approximate surface area is 90.0 Å². The molecule has 0 amide bonds. The first kappa shape index (κ1) is 9.27. The smallest absolute Gasteiger partial charge is 0.153 e. The average molecular weight is 253 g/mol. The van der Waals surface area contributed by atoms with Crippen LogP contribution in [0.25, 0.3) is 10.9 Å². The zero-order valence-electron chi connectivity index (χ0n) is 7.62. The minimum atomic E-state index is 0.534. The number of fused-ring (bicyclic) bond motifs is 1. The van der Waals surface area contributed by atoms with E-state index in [-0.39, 0.29) is 0 Å². The van der Waals surface area contributed by atoms with Crippen LogP contribution in [0.5, 0.6) is 5.75 Å². The second-order valence-electron chi connectivity index (χ2n) is 2.87. The maximum absolute atomic E-state index is 5.82. The topological polar surface area (TPSA) is 48.1 Å². The van der Waals surface area contributed by atoms with Crippen LogP contribution in [0.3, 0.4) is 0 Å². The third-order valence-corrected chi connectivity index (χ3v) is 2.64. The number of ether oxygens (including phenoxy) is 1. The number of benzene rings is 1. The third-order valence-electron chi connectivity index (χ3n) is 2.04. The molecule has 0 spiro atoms. The lowest BCUT2D eigenvalue weighted by Crippen LogP contribution is -1.96. The molecule has 0 saturated heterocycles. The highest BCUT2D eigenvalue weighted by Crippen LogP contribution is 2.34. The van der Waals surface area contributed by atoms with Gasteiger partial charge in [0.25, 0.3) is 0 Å². The number of nitrogens with zero attached hydrogens (tertiary/aromatic N) is 1. The molecule has 0 aliphatic rings. The van der Waals surface area contributed by atoms with E-state index in [4.69, 9.17) is 10.5 Å². The summed E-state index contributed by atoms with van der Waals surface area (Å²) < 4.78 is 5.86. The van der Waals surface area contributed by atoms with Crippen molar-refractivity contribution in [3.8, 4) is 5.75 Å². The number of anilines is 1. The number of methoxy groups -OCH3 is 1. The molecular formula is C10H9BrN2O. The van der Waals surface area contributed by atoms with Gasteiger partial charge in [-0.05, 0) is 28.1 Å². The second kappa shape index (κ2) is 3.46. The molecule has 0 saturated carbocycles. The summed E-state index contributed by atoms with van der Waals surface area (Å²) in [5.41, 5.74) is 7.22. The number of nitrogen functional groups attached to an aromatic ring is 1. The summed E-state index contributed by atoms with van der Waals surface area (Å²) in [5, 5.41) is 0.927. The van der Waals surface area contributed by atoms with Gasteiger partial charge in [0.05, 0.1) is 12.6 Å². The van der Waals surface area contributed by atoms with Crippen molar-refractivity contribution in [3.63, 3.8) is 0 Å². The van der Waals surface area contributed by atoms with E-state index in [1.54, 1.807) is 7.11 Å². The summed E-state index contributed by atoms with van der Waals surface area (Å²) in [6.45, 7) is 0. The highest BCUT2D eigenvalue weighted by molar-refractivity contribution is 9.10. The monoisotopic (exact) mass is 252 g/mol. The van der Waals surface area contributed by atoms with Gasteiger partial charge in [-0.1, -0.05) is 12.1 Å². The Hall–Kier alpha value is -1.29. The van der Waals surface area contributed by atoms with Gasteiger partial charge in [-0.15, -0.1) is 0 Å². The summed E-state index contributed by atoms with van der Waals surface area (Å²) in [6.07, 6.45) is 0. The van der Waals surface area contributed by atoms with Crippen molar-refractivity contribution in [2.45, 2.75) is 0 Å². The highest BCUT2D eigenvalue weighted by Gasteiger charge is 2.10. The molecule has 2 aromatic rings. The standard InChI is InChI=1S/C10H9BrN2O/c1-14-9-6-4-2-3-5-7(6)13-10(11)8(9)12/h2-5H,12H2,1H3. The van der Waals surface area contributed by atoms with E-state index in [0.717, 1.165) is 10.9 Å². The van der Waals surface area contributed by atoms with E-state index in [9.17, 15) is 0 Å². The molecule has 2 rings (SSSR count). The fraction of sp³-hybridized carbons (Fsp3) is 0.100. The van der Waals surface area contributed by atoms with E-state index in [1.165, 1.54) is 0 Å². The van der Waals surface area contributed by atoms with Gasteiger partial charge in [0.15, 0.2) is 5.75 Å². The van der Waals surface area contributed by atoms with Crippen molar-refractivity contribution < 1.29 is 4.74 Å². The Bertz CT molecular complexity index is 485. The molecule has 4 heteroatoms. The van der Waals surface area contributed by atoms with Crippen molar-refractivity contribution in [2.75, 3.05) is 12.8 Å². The van der Waals surface area contributed by atoms with Crippen LogP contribution >= 0.6 is 15.9 Å². The number of para-hydroxylation sites is 1. The molecule has 0 fully saturated rings. The Morgan fingerprint density at radius 2 is 2.07 bits per heavy atom. The second-order valence-corrected chi connectivity index (χ2v) is 3.62. The van der Waals surface area contributed by atoms with Crippen molar-refractivity contribution in [3.05, 3.63) is 28.9 Å². The van der Waals surface area contributed by atoms with Gasteiger partial charge in [-0.25, -0.2) is 4.98 Å². The van der Waals surface area contributed by atoms with Crippen LogP contribution in [-0.4, -0.2) is 12.1 Å². The van der Waals surface area contributed by atoms with E-state index >= 15 is 0 Å². The van der Waals surface area contributed by atoms with Crippen molar-refractivity contribution in [1.29, 1.82) is 0 Å². The van der Waals surface area contributed by atoms with E-state index < -0.39 is 0 Å². The summed E-state index contributed by atoms with van der Waals surface area (Å²) in [4.78, 5) is 4.30. The van der Waals surface area contributed by atoms with Crippen LogP contribution in [0.1, 0.15) is 0 Å². The van der Waals surface area contributed by atoms with Gasteiger partial charge in [0.2, 0.25) is 0 Å². The van der Waals surface area contributed by atoms with Crippen LogP contribution in [0.15, 0.2) is 28.9 Å². The lowest BCUT2D eigenvalue weighted by molar-refractivity contribution is 0.421. The molecule has 0 bridgehead atoms. The fourth-order valence-electron chi connectivity index (χ4n) is 1.39. The van der Waals surface area contributed by atoms with Crippen molar-refractivity contribution in [2.24, 2.45) is 0 Å². The molecule has 0 unspecified atom stereocenters. The highest BCUT2D eigenvalue weighted by atomic mass is 79.9. The van der Waals surface area contributed by atoms with E-state index in [2.05, 4.69) is 20.9 Å². The van der Waals surface area contributed by atoms with E-state index in [1.807, 2.05) is 24.3 Å². The van der Waals surface area contributed by atoms with Gasteiger partial charge in [-0.3, -0.25) is 0 Å². The summed E-state index contributed by atoms with van der Waals surface area (Å²) in [6, 6.07) is 7.71. The molecule has 0 aliphatic carbocycles. The maximum Gasteiger partial charge on any atom is 0.153 e. The predicted molar refractivity (Wildman–Crippen MR) is 60.4 cm³/mol. The predicted octanol–water partition coefficient (Wildman–Crippen LogP) is 2.59. The molecule has 0 radical (unpaired) electrons. The Morgan fingerprint density at radius 1 is 1.36 bits per heavy atom. The van der Waals surface area contributed by atoms with Gasteiger partial charge in [0, 0.05) is 5.39 Å². The quantitative estimate of drug-likeness (QED) is 0.794. The lowest BCUT2D eigenvalue weighted by Gasteiger charge is -2.09. The van der Waals surface area contributed by atoms with Crippen molar-refractivity contribution in [1.82, 2.24) is 4.98 Å². The van der Waals surface area contributed by atoms with E-state index in [0.29, 0.717) is 16.0 Å². The van der Waals surface area contributed by atoms with Crippen LogP contribution in [-0.2, 0) is 0 Å². The Balaban J connectivity index is 2.89. The lowest BCUT2D eigenvalue weighted by atomic mass is 10.2. The Kier molecular flexibility index (Phi) is 2.29. The molecule has 1 aromatic heterocycles. The molecule has 14 heavy (non-hydrogen) atoms. The van der Waals surface area contributed by atoms with Gasteiger partial charge >= 0.3 is 0 Å². The SMILES string of the molecule is COc1c(N)c(Br)nc2ccccc12. The zero-order valence-corrected chi connectivity index (χ0v) is 9.21. The molecule has 3 nitrogen and oxygen atoms in total. The third kappa shape index (κ3) is 1.32. The largest absolute Gasteiger partial charge is 0.494 e. The molecule has 1 aromatic carbocycles. The molecular weight excluding hydrogens is 244 g/mol. The van der Waals surface area contributed by atoms with Crippen LogP contribution in [0.4, 0.5) is 5.69 Å². The van der Waals surface area contributed by atoms with Crippen LogP contribution in [0, 0.1) is 0 Å². The van der Waals surface area contributed by atoms with Gasteiger partial charge < -0.3 is 10.5 Å². The minimum absolute atomic E-state index is 0.534. The molecule has 2 N–H and O–H groups in total.